The summed E-state index contributed by atoms with van der Waals surface area (Å²) in [6.07, 6.45) is 5.26. The van der Waals surface area contributed by atoms with Gasteiger partial charge in [0.1, 0.15) is 6.04 Å². The lowest BCUT2D eigenvalue weighted by Gasteiger charge is -2.31. The van der Waals surface area contributed by atoms with Crippen LogP contribution in [0, 0.1) is 30.6 Å². The molecule has 2 aliphatic carbocycles. The Labute approximate surface area is 157 Å². The molecule has 0 aliphatic heterocycles. The van der Waals surface area contributed by atoms with E-state index in [1.54, 1.807) is 6.07 Å². The van der Waals surface area contributed by atoms with Crippen LogP contribution in [0.4, 0.5) is 0 Å². The maximum Gasteiger partial charge on any atom is 0.251 e. The third-order valence-corrected chi connectivity index (χ3v) is 6.32. The molecule has 5 unspecified atom stereocenters. The largest absolute Gasteiger partial charge is 0.352 e. The van der Waals surface area contributed by atoms with Crippen LogP contribution in [0.25, 0.3) is 0 Å². The standard InChI is InChI=1S/C22H32N2O2/c1-13(2)20(24-21(25)18-7-5-6-14(3)10-18)22(26)23-15(4)19-12-16-8-9-17(19)11-16/h5-7,10,13,15-17,19-20H,8-9,11-12H2,1-4H3,(H,23,26)(H,24,25). The highest BCUT2D eigenvalue weighted by Gasteiger charge is 2.42. The molecular formula is C22H32N2O2. The number of carbonyl (C=O) groups excluding carboxylic acids is 2. The van der Waals surface area contributed by atoms with Gasteiger partial charge in [0, 0.05) is 11.6 Å². The maximum absolute atomic E-state index is 12.9. The lowest BCUT2D eigenvalue weighted by Crippen LogP contribution is -2.53. The minimum Gasteiger partial charge on any atom is -0.352 e. The van der Waals surface area contributed by atoms with Crippen LogP contribution in [0.15, 0.2) is 24.3 Å². The molecule has 4 heteroatoms. The van der Waals surface area contributed by atoms with Gasteiger partial charge in [-0.2, -0.15) is 0 Å². The zero-order chi connectivity index (χ0) is 18.8. The second-order valence-electron chi connectivity index (χ2n) is 8.70. The predicted molar refractivity (Wildman–Crippen MR) is 104 cm³/mol. The van der Waals surface area contributed by atoms with Gasteiger partial charge >= 0.3 is 0 Å². The molecule has 0 aromatic heterocycles. The molecule has 4 nitrogen and oxygen atoms in total. The van der Waals surface area contributed by atoms with Crippen molar-refractivity contribution in [3.63, 3.8) is 0 Å². The van der Waals surface area contributed by atoms with E-state index in [1.165, 1.54) is 25.7 Å². The molecule has 2 N–H and O–H groups in total. The van der Waals surface area contributed by atoms with Gasteiger partial charge in [-0.15, -0.1) is 0 Å². The van der Waals surface area contributed by atoms with Crippen molar-refractivity contribution >= 4 is 11.8 Å². The van der Waals surface area contributed by atoms with Gasteiger partial charge in [0.15, 0.2) is 0 Å². The number of hydrogen-bond donors (Lipinski definition) is 2. The van der Waals surface area contributed by atoms with E-state index >= 15 is 0 Å². The topological polar surface area (TPSA) is 58.2 Å². The van der Waals surface area contributed by atoms with Crippen molar-refractivity contribution in [2.24, 2.45) is 23.7 Å². The van der Waals surface area contributed by atoms with Crippen LogP contribution in [0.3, 0.4) is 0 Å². The summed E-state index contributed by atoms with van der Waals surface area (Å²) in [6, 6.07) is 7.13. The van der Waals surface area contributed by atoms with Gasteiger partial charge in [-0.25, -0.2) is 0 Å². The van der Waals surface area contributed by atoms with Gasteiger partial charge in [-0.05, 0) is 68.9 Å². The summed E-state index contributed by atoms with van der Waals surface area (Å²) in [5.41, 5.74) is 1.64. The number of benzene rings is 1. The van der Waals surface area contributed by atoms with Crippen molar-refractivity contribution in [1.82, 2.24) is 10.6 Å². The second kappa shape index (κ2) is 7.81. The highest BCUT2D eigenvalue weighted by Crippen LogP contribution is 2.49. The summed E-state index contributed by atoms with van der Waals surface area (Å²) in [7, 11) is 0. The summed E-state index contributed by atoms with van der Waals surface area (Å²) in [5, 5.41) is 6.14. The number of nitrogens with one attached hydrogen (secondary N) is 2. The number of hydrogen-bond acceptors (Lipinski definition) is 2. The molecule has 2 bridgehead atoms. The lowest BCUT2D eigenvalue weighted by molar-refractivity contribution is -0.125. The third-order valence-electron chi connectivity index (χ3n) is 6.32. The molecule has 26 heavy (non-hydrogen) atoms. The smallest absolute Gasteiger partial charge is 0.251 e. The molecule has 0 spiro atoms. The Kier molecular flexibility index (Phi) is 5.69. The zero-order valence-corrected chi connectivity index (χ0v) is 16.4. The first-order valence-electron chi connectivity index (χ1n) is 10.0. The summed E-state index contributed by atoms with van der Waals surface area (Å²) in [6.45, 7) is 8.04. The molecule has 1 aromatic carbocycles. The first-order valence-corrected chi connectivity index (χ1v) is 10.0. The quantitative estimate of drug-likeness (QED) is 0.817. The van der Waals surface area contributed by atoms with E-state index in [1.807, 2.05) is 39.0 Å². The molecule has 0 heterocycles. The predicted octanol–water partition coefficient (Wildman–Crippen LogP) is 3.69. The van der Waals surface area contributed by atoms with Gasteiger partial charge in [-0.3, -0.25) is 9.59 Å². The summed E-state index contributed by atoms with van der Waals surface area (Å²) < 4.78 is 0. The van der Waals surface area contributed by atoms with E-state index < -0.39 is 6.04 Å². The summed E-state index contributed by atoms with van der Waals surface area (Å²) in [4.78, 5) is 25.4. The van der Waals surface area contributed by atoms with Crippen LogP contribution < -0.4 is 10.6 Å². The van der Waals surface area contributed by atoms with Gasteiger partial charge in [0.05, 0.1) is 0 Å². The van der Waals surface area contributed by atoms with E-state index in [2.05, 4.69) is 17.6 Å². The molecule has 1 aromatic rings. The molecule has 2 amide bonds. The van der Waals surface area contributed by atoms with Crippen molar-refractivity contribution in [2.75, 3.05) is 0 Å². The Bertz CT molecular complexity index is 670. The Morgan fingerprint density at radius 2 is 1.85 bits per heavy atom. The molecule has 2 aliphatic rings. The maximum atomic E-state index is 12.9. The molecule has 2 saturated carbocycles. The van der Waals surface area contributed by atoms with Gasteiger partial charge in [0.2, 0.25) is 5.91 Å². The monoisotopic (exact) mass is 356 g/mol. The fraction of sp³-hybridized carbons (Fsp3) is 0.636. The highest BCUT2D eigenvalue weighted by molar-refractivity contribution is 5.97. The molecule has 2 fully saturated rings. The normalized spacial score (nSPS) is 26.6. The van der Waals surface area contributed by atoms with Crippen molar-refractivity contribution in [3.05, 3.63) is 35.4 Å². The molecule has 3 rings (SSSR count). The number of carbonyl (C=O) groups is 2. The van der Waals surface area contributed by atoms with Gasteiger partial charge in [0.25, 0.3) is 5.91 Å². The molecule has 0 radical (unpaired) electrons. The number of fused-ring (bicyclic) bond motifs is 2. The zero-order valence-electron chi connectivity index (χ0n) is 16.4. The Hall–Kier alpha value is -1.84. The molecule has 5 atom stereocenters. The number of aryl methyl sites for hydroxylation is 1. The van der Waals surface area contributed by atoms with E-state index in [4.69, 9.17) is 0 Å². The van der Waals surface area contributed by atoms with Crippen molar-refractivity contribution in [1.29, 1.82) is 0 Å². The van der Waals surface area contributed by atoms with Crippen molar-refractivity contribution in [3.8, 4) is 0 Å². The van der Waals surface area contributed by atoms with Crippen LogP contribution in [0.1, 0.15) is 62.4 Å². The molecule has 0 saturated heterocycles. The summed E-state index contributed by atoms with van der Waals surface area (Å²) in [5.74, 6) is 2.03. The van der Waals surface area contributed by atoms with E-state index in [9.17, 15) is 9.59 Å². The van der Waals surface area contributed by atoms with E-state index in [0.29, 0.717) is 11.5 Å². The van der Waals surface area contributed by atoms with Crippen LogP contribution in [-0.2, 0) is 4.79 Å². The van der Waals surface area contributed by atoms with Crippen LogP contribution in [-0.4, -0.2) is 23.9 Å². The Morgan fingerprint density at radius 1 is 1.08 bits per heavy atom. The van der Waals surface area contributed by atoms with Crippen LogP contribution in [0.5, 0.6) is 0 Å². The number of amides is 2. The number of rotatable bonds is 6. The molecule has 142 valence electrons. The fourth-order valence-electron chi connectivity index (χ4n) is 4.87. The average Bonchev–Trinajstić information content (AvgIpc) is 3.22. The van der Waals surface area contributed by atoms with Crippen molar-refractivity contribution in [2.45, 2.75) is 65.5 Å². The summed E-state index contributed by atoms with van der Waals surface area (Å²) >= 11 is 0. The first-order chi connectivity index (χ1) is 12.3. The average molecular weight is 357 g/mol. The Morgan fingerprint density at radius 3 is 2.42 bits per heavy atom. The van der Waals surface area contributed by atoms with Crippen LogP contribution >= 0.6 is 0 Å². The molecular weight excluding hydrogens is 324 g/mol. The highest BCUT2D eigenvalue weighted by atomic mass is 16.2. The van der Waals surface area contributed by atoms with Gasteiger partial charge in [-0.1, -0.05) is 38.0 Å². The SMILES string of the molecule is Cc1cccc(C(=O)NC(C(=O)NC(C)C2CC3CCC2C3)C(C)C)c1. The lowest BCUT2D eigenvalue weighted by atomic mass is 9.84. The van der Waals surface area contributed by atoms with Gasteiger partial charge < -0.3 is 10.6 Å². The minimum absolute atomic E-state index is 0.0380. The van der Waals surface area contributed by atoms with E-state index in [-0.39, 0.29) is 23.8 Å². The van der Waals surface area contributed by atoms with E-state index in [0.717, 1.165) is 17.4 Å². The first kappa shape index (κ1) is 18.9. The third kappa shape index (κ3) is 4.11. The van der Waals surface area contributed by atoms with Crippen LogP contribution in [0.2, 0.25) is 0 Å². The fourth-order valence-corrected chi connectivity index (χ4v) is 4.87. The van der Waals surface area contributed by atoms with Crippen molar-refractivity contribution < 1.29 is 9.59 Å². The second-order valence-corrected chi connectivity index (χ2v) is 8.70. The Balaban J connectivity index is 1.61. The minimum atomic E-state index is -0.510.